The number of benzene rings is 1. The molecule has 1 fully saturated rings. The van der Waals surface area contributed by atoms with Crippen LogP contribution in [0.15, 0.2) is 29.2 Å². The molecule has 0 saturated heterocycles. The highest BCUT2D eigenvalue weighted by Gasteiger charge is 2.25. The molecule has 94 valence electrons. The first-order chi connectivity index (χ1) is 8.24. The maximum atomic E-state index is 2.51. The fourth-order valence-corrected chi connectivity index (χ4v) is 3.61. The van der Waals surface area contributed by atoms with Crippen molar-refractivity contribution < 1.29 is 0 Å². The van der Waals surface area contributed by atoms with Crippen LogP contribution < -0.4 is 4.90 Å². The Labute approximate surface area is 110 Å². The summed E-state index contributed by atoms with van der Waals surface area (Å²) in [5.74, 6) is 0.823. The smallest absolute Gasteiger partial charge is 0.0504 e. The van der Waals surface area contributed by atoms with Crippen LogP contribution in [-0.4, -0.2) is 19.3 Å². The predicted molar refractivity (Wildman–Crippen MR) is 78.0 cm³/mol. The SMILES string of the molecule is CSc1ccccc1N(C)C1CCCCC1C. The Morgan fingerprint density at radius 1 is 1.18 bits per heavy atom. The quantitative estimate of drug-likeness (QED) is 0.729. The predicted octanol–water partition coefficient (Wildman–Crippen LogP) is 4.42. The fourth-order valence-electron chi connectivity index (χ4n) is 2.97. The topological polar surface area (TPSA) is 3.24 Å². The minimum Gasteiger partial charge on any atom is -0.370 e. The van der Waals surface area contributed by atoms with Crippen molar-refractivity contribution in [2.24, 2.45) is 5.92 Å². The van der Waals surface area contributed by atoms with E-state index < -0.39 is 0 Å². The molecule has 0 spiro atoms. The first kappa shape index (κ1) is 12.8. The third-order valence-electron chi connectivity index (χ3n) is 4.03. The standard InChI is InChI=1S/C15H23NS/c1-12-8-4-5-9-13(12)16(2)14-10-6-7-11-15(14)17-3/h6-7,10-13H,4-5,8-9H2,1-3H3. The summed E-state index contributed by atoms with van der Waals surface area (Å²) in [5, 5.41) is 0. The summed E-state index contributed by atoms with van der Waals surface area (Å²) in [6.07, 6.45) is 7.70. The van der Waals surface area contributed by atoms with Gasteiger partial charge in [-0.2, -0.15) is 0 Å². The van der Waals surface area contributed by atoms with Gasteiger partial charge in [-0.25, -0.2) is 0 Å². The van der Waals surface area contributed by atoms with Crippen molar-refractivity contribution in [2.45, 2.75) is 43.5 Å². The van der Waals surface area contributed by atoms with E-state index in [2.05, 4.69) is 49.4 Å². The second-order valence-corrected chi connectivity index (χ2v) is 5.96. The van der Waals surface area contributed by atoms with E-state index in [4.69, 9.17) is 0 Å². The van der Waals surface area contributed by atoms with Crippen molar-refractivity contribution in [1.82, 2.24) is 0 Å². The zero-order valence-electron chi connectivity index (χ0n) is 11.1. The largest absolute Gasteiger partial charge is 0.370 e. The van der Waals surface area contributed by atoms with Crippen LogP contribution in [-0.2, 0) is 0 Å². The molecule has 0 radical (unpaired) electrons. The number of anilines is 1. The zero-order valence-corrected chi connectivity index (χ0v) is 12.0. The molecule has 2 unspecified atom stereocenters. The van der Waals surface area contributed by atoms with Crippen LogP contribution in [0.3, 0.4) is 0 Å². The summed E-state index contributed by atoms with van der Waals surface area (Å²) >= 11 is 1.85. The molecule has 2 heteroatoms. The maximum absolute atomic E-state index is 2.51. The molecule has 1 aliphatic carbocycles. The first-order valence-electron chi connectivity index (χ1n) is 6.60. The van der Waals surface area contributed by atoms with E-state index in [1.807, 2.05) is 11.8 Å². The van der Waals surface area contributed by atoms with Crippen molar-refractivity contribution in [3.05, 3.63) is 24.3 Å². The highest BCUT2D eigenvalue weighted by atomic mass is 32.2. The van der Waals surface area contributed by atoms with Gasteiger partial charge in [-0.05, 0) is 37.1 Å². The molecule has 2 atom stereocenters. The van der Waals surface area contributed by atoms with Gasteiger partial charge >= 0.3 is 0 Å². The Hall–Kier alpha value is -0.630. The van der Waals surface area contributed by atoms with Crippen LogP contribution in [0.5, 0.6) is 0 Å². The van der Waals surface area contributed by atoms with Crippen LogP contribution in [0.25, 0.3) is 0 Å². The molecule has 17 heavy (non-hydrogen) atoms. The van der Waals surface area contributed by atoms with Gasteiger partial charge in [0.05, 0.1) is 5.69 Å². The van der Waals surface area contributed by atoms with Crippen LogP contribution in [0.1, 0.15) is 32.6 Å². The van der Waals surface area contributed by atoms with Gasteiger partial charge in [0.15, 0.2) is 0 Å². The van der Waals surface area contributed by atoms with E-state index in [1.54, 1.807) is 0 Å². The molecule has 0 bridgehead atoms. The maximum Gasteiger partial charge on any atom is 0.0504 e. The second kappa shape index (κ2) is 5.81. The summed E-state index contributed by atoms with van der Waals surface area (Å²) in [6, 6.07) is 9.49. The van der Waals surface area contributed by atoms with Crippen LogP contribution in [0.2, 0.25) is 0 Å². The summed E-state index contributed by atoms with van der Waals surface area (Å²) < 4.78 is 0. The average Bonchev–Trinajstić information content (AvgIpc) is 2.38. The Kier molecular flexibility index (Phi) is 4.38. The molecular formula is C15H23NS. The molecule has 0 heterocycles. The normalized spacial score (nSPS) is 24.6. The molecule has 2 rings (SSSR count). The number of rotatable bonds is 3. The Bertz CT molecular complexity index is 364. The molecule has 0 aliphatic heterocycles. The number of nitrogens with zero attached hydrogens (tertiary/aromatic N) is 1. The Morgan fingerprint density at radius 2 is 1.88 bits per heavy atom. The van der Waals surface area contributed by atoms with Crippen LogP contribution in [0, 0.1) is 5.92 Å². The first-order valence-corrected chi connectivity index (χ1v) is 7.82. The van der Waals surface area contributed by atoms with Crippen molar-refractivity contribution in [2.75, 3.05) is 18.2 Å². The monoisotopic (exact) mass is 249 g/mol. The molecular weight excluding hydrogens is 226 g/mol. The highest BCUT2D eigenvalue weighted by molar-refractivity contribution is 7.98. The number of para-hydroxylation sites is 1. The minimum atomic E-state index is 0.719. The van der Waals surface area contributed by atoms with Crippen molar-refractivity contribution in [1.29, 1.82) is 0 Å². The third kappa shape index (κ3) is 2.79. The zero-order chi connectivity index (χ0) is 12.3. The lowest BCUT2D eigenvalue weighted by molar-refractivity contribution is 0.321. The van der Waals surface area contributed by atoms with Crippen molar-refractivity contribution in [3.63, 3.8) is 0 Å². The van der Waals surface area contributed by atoms with Crippen LogP contribution in [0.4, 0.5) is 5.69 Å². The second-order valence-electron chi connectivity index (χ2n) is 5.11. The third-order valence-corrected chi connectivity index (χ3v) is 4.81. The lowest BCUT2D eigenvalue weighted by Crippen LogP contribution is -2.39. The molecule has 0 aromatic heterocycles. The fraction of sp³-hybridized carbons (Fsp3) is 0.600. The number of thioether (sulfide) groups is 1. The summed E-state index contributed by atoms with van der Waals surface area (Å²) in [7, 11) is 2.27. The molecule has 1 saturated carbocycles. The van der Waals surface area contributed by atoms with Gasteiger partial charge in [0.2, 0.25) is 0 Å². The van der Waals surface area contributed by atoms with E-state index in [0.717, 1.165) is 12.0 Å². The number of hydrogen-bond acceptors (Lipinski definition) is 2. The van der Waals surface area contributed by atoms with Gasteiger partial charge in [0.25, 0.3) is 0 Å². The van der Waals surface area contributed by atoms with E-state index in [9.17, 15) is 0 Å². The molecule has 1 aromatic rings. The van der Waals surface area contributed by atoms with Gasteiger partial charge in [-0.15, -0.1) is 11.8 Å². The van der Waals surface area contributed by atoms with E-state index in [-0.39, 0.29) is 0 Å². The highest BCUT2D eigenvalue weighted by Crippen LogP contribution is 2.34. The van der Waals surface area contributed by atoms with Gasteiger partial charge in [-0.3, -0.25) is 0 Å². The lowest BCUT2D eigenvalue weighted by Gasteiger charge is -2.38. The molecule has 1 aliphatic rings. The minimum absolute atomic E-state index is 0.719. The summed E-state index contributed by atoms with van der Waals surface area (Å²) in [4.78, 5) is 3.91. The van der Waals surface area contributed by atoms with Gasteiger partial charge < -0.3 is 4.90 Å². The van der Waals surface area contributed by atoms with Crippen molar-refractivity contribution in [3.8, 4) is 0 Å². The lowest BCUT2D eigenvalue weighted by atomic mass is 9.85. The van der Waals surface area contributed by atoms with Gasteiger partial charge in [0.1, 0.15) is 0 Å². The van der Waals surface area contributed by atoms with Gasteiger partial charge in [0, 0.05) is 18.0 Å². The van der Waals surface area contributed by atoms with Gasteiger partial charge in [-0.1, -0.05) is 31.9 Å². The molecule has 1 aromatic carbocycles. The number of hydrogen-bond donors (Lipinski definition) is 0. The molecule has 0 N–H and O–H groups in total. The average molecular weight is 249 g/mol. The Balaban J connectivity index is 2.20. The Morgan fingerprint density at radius 3 is 2.59 bits per heavy atom. The van der Waals surface area contributed by atoms with E-state index in [1.165, 1.54) is 36.3 Å². The summed E-state index contributed by atoms with van der Waals surface area (Å²) in [6.45, 7) is 2.40. The molecule has 1 nitrogen and oxygen atoms in total. The van der Waals surface area contributed by atoms with Crippen molar-refractivity contribution >= 4 is 17.4 Å². The van der Waals surface area contributed by atoms with E-state index >= 15 is 0 Å². The van der Waals surface area contributed by atoms with E-state index in [0.29, 0.717) is 0 Å². The summed E-state index contributed by atoms with van der Waals surface area (Å²) in [5.41, 5.74) is 1.40. The molecule has 0 amide bonds. The van der Waals surface area contributed by atoms with Crippen LogP contribution >= 0.6 is 11.8 Å².